The molecule has 20 heavy (non-hydrogen) atoms. The molecule has 108 valence electrons. The fourth-order valence-electron chi connectivity index (χ4n) is 1.99. The van der Waals surface area contributed by atoms with Crippen LogP contribution in [0.15, 0.2) is 28.7 Å². The molecule has 1 N–H and O–H groups in total. The topological polar surface area (TPSA) is 58.6 Å². The summed E-state index contributed by atoms with van der Waals surface area (Å²) in [7, 11) is 0. The molecule has 2 amide bonds. The van der Waals surface area contributed by atoms with Gasteiger partial charge < -0.3 is 15.0 Å². The summed E-state index contributed by atoms with van der Waals surface area (Å²) < 4.78 is 6.48. The summed E-state index contributed by atoms with van der Waals surface area (Å²) in [4.78, 5) is 24.9. The van der Waals surface area contributed by atoms with Crippen molar-refractivity contribution in [1.29, 1.82) is 0 Å². The fourth-order valence-corrected chi connectivity index (χ4v) is 2.37. The van der Waals surface area contributed by atoms with Crippen LogP contribution in [0.3, 0.4) is 0 Å². The standard InChI is InChI=1S/C14H17BrN2O3/c15-11-2-1-3-12(10-11)20-9-5-14(19)17-7-4-13(18)16-6-8-17/h1-3,10H,4-9H2,(H,16,18). The van der Waals surface area contributed by atoms with E-state index >= 15 is 0 Å². The smallest absolute Gasteiger partial charge is 0.226 e. The first kappa shape index (κ1) is 14.8. The first-order chi connectivity index (χ1) is 9.65. The highest BCUT2D eigenvalue weighted by Crippen LogP contribution is 2.17. The first-order valence-corrected chi connectivity index (χ1v) is 7.37. The van der Waals surface area contributed by atoms with Crippen LogP contribution in [-0.4, -0.2) is 43.0 Å². The third-order valence-electron chi connectivity index (χ3n) is 3.05. The number of benzene rings is 1. The second-order valence-corrected chi connectivity index (χ2v) is 5.45. The van der Waals surface area contributed by atoms with Crippen molar-refractivity contribution >= 4 is 27.7 Å². The normalized spacial score (nSPS) is 15.4. The lowest BCUT2D eigenvalue weighted by Crippen LogP contribution is -2.34. The van der Waals surface area contributed by atoms with Gasteiger partial charge in [0.05, 0.1) is 13.0 Å². The molecule has 0 saturated carbocycles. The van der Waals surface area contributed by atoms with Crippen LogP contribution in [0.4, 0.5) is 0 Å². The minimum atomic E-state index is 0.00526. The Balaban J connectivity index is 1.76. The Morgan fingerprint density at radius 3 is 3.05 bits per heavy atom. The Bertz CT molecular complexity index is 493. The third-order valence-corrected chi connectivity index (χ3v) is 3.54. The van der Waals surface area contributed by atoms with E-state index < -0.39 is 0 Å². The molecule has 0 radical (unpaired) electrons. The van der Waals surface area contributed by atoms with Gasteiger partial charge in [0.2, 0.25) is 11.8 Å². The van der Waals surface area contributed by atoms with Crippen molar-refractivity contribution < 1.29 is 14.3 Å². The lowest BCUT2D eigenvalue weighted by atomic mass is 10.3. The lowest BCUT2D eigenvalue weighted by Gasteiger charge is -2.19. The Kier molecular flexibility index (Phi) is 5.40. The van der Waals surface area contributed by atoms with Gasteiger partial charge in [0, 0.05) is 30.5 Å². The molecule has 0 aliphatic carbocycles. The van der Waals surface area contributed by atoms with E-state index in [0.717, 1.165) is 10.2 Å². The van der Waals surface area contributed by atoms with Crippen molar-refractivity contribution in [2.45, 2.75) is 12.8 Å². The molecule has 1 aromatic rings. The number of carbonyl (C=O) groups is 2. The fraction of sp³-hybridized carbons (Fsp3) is 0.429. The van der Waals surface area contributed by atoms with Crippen LogP contribution in [0.1, 0.15) is 12.8 Å². The highest BCUT2D eigenvalue weighted by atomic mass is 79.9. The van der Waals surface area contributed by atoms with E-state index in [-0.39, 0.29) is 11.8 Å². The van der Waals surface area contributed by atoms with E-state index in [4.69, 9.17) is 4.74 Å². The van der Waals surface area contributed by atoms with Gasteiger partial charge in [0.25, 0.3) is 0 Å². The molecule has 0 atom stereocenters. The van der Waals surface area contributed by atoms with Crippen molar-refractivity contribution in [3.05, 3.63) is 28.7 Å². The largest absolute Gasteiger partial charge is 0.493 e. The lowest BCUT2D eigenvalue weighted by molar-refractivity contribution is -0.131. The molecule has 0 bridgehead atoms. The Hall–Kier alpha value is -1.56. The Morgan fingerprint density at radius 1 is 1.40 bits per heavy atom. The molecule has 1 aliphatic rings. The van der Waals surface area contributed by atoms with Gasteiger partial charge >= 0.3 is 0 Å². The van der Waals surface area contributed by atoms with Crippen molar-refractivity contribution in [3.63, 3.8) is 0 Å². The third kappa shape index (κ3) is 4.52. The molecule has 1 aromatic carbocycles. The molecule has 1 heterocycles. The molecule has 2 rings (SSSR count). The number of halogens is 1. The van der Waals surface area contributed by atoms with Crippen LogP contribution in [0, 0.1) is 0 Å². The predicted molar refractivity (Wildman–Crippen MR) is 78.5 cm³/mol. The maximum atomic E-state index is 12.0. The monoisotopic (exact) mass is 340 g/mol. The van der Waals surface area contributed by atoms with E-state index in [9.17, 15) is 9.59 Å². The molecule has 6 heteroatoms. The van der Waals surface area contributed by atoms with Gasteiger partial charge in [0.15, 0.2) is 0 Å². The van der Waals surface area contributed by atoms with Crippen molar-refractivity contribution in [1.82, 2.24) is 10.2 Å². The van der Waals surface area contributed by atoms with Gasteiger partial charge in [-0.25, -0.2) is 0 Å². The molecular formula is C14H17BrN2O3. The summed E-state index contributed by atoms with van der Waals surface area (Å²) in [6.07, 6.45) is 0.693. The van der Waals surface area contributed by atoms with Gasteiger partial charge in [-0.1, -0.05) is 22.0 Å². The Morgan fingerprint density at radius 2 is 2.25 bits per heavy atom. The Labute approximate surface area is 126 Å². The number of rotatable bonds is 4. The molecule has 1 aliphatic heterocycles. The van der Waals surface area contributed by atoms with Gasteiger partial charge in [-0.3, -0.25) is 9.59 Å². The summed E-state index contributed by atoms with van der Waals surface area (Å²) in [6.45, 7) is 1.92. The van der Waals surface area contributed by atoms with E-state index in [2.05, 4.69) is 21.2 Å². The average molecular weight is 341 g/mol. The molecule has 0 spiro atoms. The van der Waals surface area contributed by atoms with Gasteiger partial charge in [-0.05, 0) is 18.2 Å². The summed E-state index contributed by atoms with van der Waals surface area (Å²) in [5, 5.41) is 2.75. The SMILES string of the molecule is O=C1CCN(C(=O)CCOc2cccc(Br)c2)CCN1. The number of nitrogens with zero attached hydrogens (tertiary/aromatic N) is 1. The zero-order chi connectivity index (χ0) is 14.4. The van der Waals surface area contributed by atoms with Crippen LogP contribution in [-0.2, 0) is 9.59 Å². The summed E-state index contributed by atoms with van der Waals surface area (Å²) in [5.74, 6) is 0.766. The minimum Gasteiger partial charge on any atom is -0.493 e. The number of nitrogens with one attached hydrogen (secondary N) is 1. The van der Waals surface area contributed by atoms with E-state index in [1.807, 2.05) is 24.3 Å². The quantitative estimate of drug-likeness (QED) is 0.904. The van der Waals surface area contributed by atoms with Crippen molar-refractivity contribution in [2.24, 2.45) is 0 Å². The molecule has 0 aromatic heterocycles. The van der Waals surface area contributed by atoms with Gasteiger partial charge in [-0.15, -0.1) is 0 Å². The molecular weight excluding hydrogens is 324 g/mol. The number of hydrogen-bond acceptors (Lipinski definition) is 3. The average Bonchev–Trinajstić information content (AvgIpc) is 2.63. The zero-order valence-electron chi connectivity index (χ0n) is 11.1. The van der Waals surface area contributed by atoms with Gasteiger partial charge in [-0.2, -0.15) is 0 Å². The van der Waals surface area contributed by atoms with Crippen LogP contribution in [0.2, 0.25) is 0 Å². The predicted octanol–water partition coefficient (Wildman–Crippen LogP) is 1.57. The number of amides is 2. The number of hydrogen-bond donors (Lipinski definition) is 1. The maximum absolute atomic E-state index is 12.0. The summed E-state index contributed by atoms with van der Waals surface area (Å²) in [6, 6.07) is 7.51. The summed E-state index contributed by atoms with van der Waals surface area (Å²) in [5.41, 5.74) is 0. The van der Waals surface area contributed by atoms with E-state index in [0.29, 0.717) is 39.1 Å². The zero-order valence-corrected chi connectivity index (χ0v) is 12.7. The van der Waals surface area contributed by atoms with E-state index in [1.54, 1.807) is 4.90 Å². The van der Waals surface area contributed by atoms with Crippen LogP contribution >= 0.6 is 15.9 Å². The molecule has 0 unspecified atom stereocenters. The molecule has 1 saturated heterocycles. The second-order valence-electron chi connectivity index (χ2n) is 4.54. The maximum Gasteiger partial charge on any atom is 0.226 e. The van der Waals surface area contributed by atoms with Crippen molar-refractivity contribution in [3.8, 4) is 5.75 Å². The van der Waals surface area contributed by atoms with Crippen LogP contribution < -0.4 is 10.1 Å². The van der Waals surface area contributed by atoms with Gasteiger partial charge in [0.1, 0.15) is 5.75 Å². The van der Waals surface area contributed by atoms with Crippen LogP contribution in [0.25, 0.3) is 0 Å². The number of carbonyl (C=O) groups excluding carboxylic acids is 2. The molecule has 1 fully saturated rings. The first-order valence-electron chi connectivity index (χ1n) is 6.58. The highest BCUT2D eigenvalue weighted by molar-refractivity contribution is 9.10. The molecule has 5 nitrogen and oxygen atoms in total. The van der Waals surface area contributed by atoms with E-state index in [1.165, 1.54) is 0 Å². The second kappa shape index (κ2) is 7.28. The summed E-state index contributed by atoms with van der Waals surface area (Å²) >= 11 is 3.37. The highest BCUT2D eigenvalue weighted by Gasteiger charge is 2.17. The van der Waals surface area contributed by atoms with Crippen molar-refractivity contribution in [2.75, 3.05) is 26.2 Å². The minimum absolute atomic E-state index is 0.00526. The van der Waals surface area contributed by atoms with Crippen LogP contribution in [0.5, 0.6) is 5.75 Å². The number of ether oxygens (including phenoxy) is 1.